The minimum atomic E-state index is -0.117. The van der Waals surface area contributed by atoms with Gasteiger partial charge in [0, 0.05) is 11.8 Å². The van der Waals surface area contributed by atoms with Gasteiger partial charge in [-0.1, -0.05) is 40.5 Å². The fraction of sp³-hybridized carbons (Fsp3) is 0.917. The summed E-state index contributed by atoms with van der Waals surface area (Å²) in [4.78, 5) is 13.6. The largest absolute Gasteiger partial charge is 0.393 e. The second kappa shape index (κ2) is 6.61. The third kappa shape index (κ3) is 2.57. The number of carbonyl (C=O) groups excluding carboxylic acids is 1. The van der Waals surface area contributed by atoms with Gasteiger partial charge in [0.2, 0.25) is 0 Å². The number of aliphatic hydroxyl groups excluding tert-OH is 1. The molecule has 4 fully saturated rings. The summed E-state index contributed by atoms with van der Waals surface area (Å²) in [5.41, 5.74) is 0.187. The Balaban J connectivity index is 1.62. The number of rotatable bonds is 3. The van der Waals surface area contributed by atoms with Gasteiger partial charge >= 0.3 is 0 Å². The highest BCUT2D eigenvalue weighted by atomic mass is 16.3. The molecule has 4 aliphatic rings. The lowest BCUT2D eigenvalue weighted by Gasteiger charge is -2.60. The Morgan fingerprint density at radius 2 is 2.00 bits per heavy atom. The molecule has 5 unspecified atom stereocenters. The number of fused-ring (bicyclic) bond motifs is 5. The zero-order valence-electron chi connectivity index (χ0n) is 17.3. The summed E-state index contributed by atoms with van der Waals surface area (Å²) in [7, 11) is 0. The van der Waals surface area contributed by atoms with Gasteiger partial charge in [0.25, 0.3) is 0 Å². The summed E-state index contributed by atoms with van der Waals surface area (Å²) in [5, 5.41) is 10.2. The van der Waals surface area contributed by atoms with E-state index in [4.69, 9.17) is 0 Å². The molecule has 0 bridgehead atoms. The van der Waals surface area contributed by atoms with Crippen LogP contribution in [0, 0.1) is 52.8 Å². The molecule has 1 radical (unpaired) electrons. The van der Waals surface area contributed by atoms with Gasteiger partial charge in [0.15, 0.2) is 0 Å². The predicted molar refractivity (Wildman–Crippen MR) is 105 cm³/mol. The molecule has 2 heteroatoms. The molecule has 9 atom stereocenters. The molecule has 1 N–H and O–H groups in total. The lowest BCUT2D eigenvalue weighted by molar-refractivity contribution is -0.154. The molecule has 4 aliphatic carbocycles. The van der Waals surface area contributed by atoms with Crippen molar-refractivity contribution >= 4 is 5.78 Å². The van der Waals surface area contributed by atoms with Crippen LogP contribution in [0.5, 0.6) is 0 Å². The van der Waals surface area contributed by atoms with Crippen LogP contribution in [0.15, 0.2) is 0 Å². The van der Waals surface area contributed by atoms with E-state index < -0.39 is 0 Å². The van der Waals surface area contributed by atoms with Gasteiger partial charge in [-0.25, -0.2) is 0 Å². The van der Waals surface area contributed by atoms with E-state index in [0.717, 1.165) is 32.1 Å². The summed E-state index contributed by atoms with van der Waals surface area (Å²) >= 11 is 0. The first-order valence-electron chi connectivity index (χ1n) is 11.4. The molecule has 0 saturated heterocycles. The molecule has 4 rings (SSSR count). The van der Waals surface area contributed by atoms with Gasteiger partial charge in [-0.3, -0.25) is 4.79 Å². The van der Waals surface area contributed by atoms with Crippen molar-refractivity contribution in [3.05, 3.63) is 6.42 Å². The Bertz CT molecular complexity index is 556. The first-order valence-corrected chi connectivity index (χ1v) is 11.4. The van der Waals surface area contributed by atoms with Crippen LogP contribution in [0.4, 0.5) is 0 Å². The minimum absolute atomic E-state index is 0.0797. The summed E-state index contributed by atoms with van der Waals surface area (Å²) in [6, 6.07) is 0. The average molecular weight is 360 g/mol. The summed E-state index contributed by atoms with van der Waals surface area (Å²) in [6.45, 7) is 9.46. The van der Waals surface area contributed by atoms with Crippen molar-refractivity contribution < 1.29 is 9.90 Å². The van der Waals surface area contributed by atoms with Gasteiger partial charge in [-0.15, -0.1) is 0 Å². The van der Waals surface area contributed by atoms with Gasteiger partial charge in [0.1, 0.15) is 5.78 Å². The van der Waals surface area contributed by atoms with Crippen LogP contribution in [-0.4, -0.2) is 17.0 Å². The maximum Gasteiger partial charge on any atom is 0.139 e. The van der Waals surface area contributed by atoms with Crippen LogP contribution in [0.3, 0.4) is 0 Å². The lowest BCUT2D eigenvalue weighted by Crippen LogP contribution is -2.57. The topological polar surface area (TPSA) is 37.3 Å². The van der Waals surface area contributed by atoms with E-state index in [-0.39, 0.29) is 16.9 Å². The number of hydrogen-bond donors (Lipinski definition) is 1. The van der Waals surface area contributed by atoms with Crippen LogP contribution >= 0.6 is 0 Å². The molecule has 0 aliphatic heterocycles. The Morgan fingerprint density at radius 3 is 2.73 bits per heavy atom. The summed E-state index contributed by atoms with van der Waals surface area (Å²) < 4.78 is 0. The molecular formula is C24H39O2. The third-order valence-electron chi connectivity index (χ3n) is 9.74. The van der Waals surface area contributed by atoms with Crippen LogP contribution in [0.25, 0.3) is 0 Å². The van der Waals surface area contributed by atoms with Gasteiger partial charge in [-0.2, -0.15) is 0 Å². The van der Waals surface area contributed by atoms with E-state index in [1.54, 1.807) is 0 Å². The molecule has 2 nitrogen and oxygen atoms in total. The zero-order valence-corrected chi connectivity index (χ0v) is 17.3. The molecule has 4 saturated carbocycles. The fourth-order valence-corrected chi connectivity index (χ4v) is 8.18. The number of Topliss-reactive ketones (excluding diaryl/α,β-unsaturated/α-hetero) is 1. The fourth-order valence-electron chi connectivity index (χ4n) is 8.18. The number of ketones is 1. The molecule has 0 aromatic heterocycles. The third-order valence-corrected chi connectivity index (χ3v) is 9.74. The molecule has 0 aromatic rings. The predicted octanol–water partition coefficient (Wildman–Crippen LogP) is 5.44. The molecule has 26 heavy (non-hydrogen) atoms. The molecule has 0 heterocycles. The Hall–Kier alpha value is -0.370. The molecule has 0 spiro atoms. The minimum Gasteiger partial charge on any atom is -0.393 e. The second-order valence-corrected chi connectivity index (χ2v) is 10.8. The SMILES string of the molecule is CCC[C@@H](C)C1CCC2C3[CH]CC4C[C@H](O)CC[C@]4(C)C3CC(=O)[C@@]21C. The van der Waals surface area contributed by atoms with Crippen molar-refractivity contribution in [2.24, 2.45) is 46.3 Å². The van der Waals surface area contributed by atoms with E-state index in [1.165, 1.54) is 25.7 Å². The van der Waals surface area contributed by atoms with Crippen LogP contribution < -0.4 is 0 Å². The van der Waals surface area contributed by atoms with Crippen molar-refractivity contribution in [2.75, 3.05) is 0 Å². The smallest absolute Gasteiger partial charge is 0.139 e. The highest BCUT2D eigenvalue weighted by Crippen LogP contribution is 2.67. The van der Waals surface area contributed by atoms with E-state index in [9.17, 15) is 9.90 Å². The van der Waals surface area contributed by atoms with Crippen molar-refractivity contribution in [3.8, 4) is 0 Å². The van der Waals surface area contributed by atoms with E-state index in [0.29, 0.717) is 41.3 Å². The first-order chi connectivity index (χ1) is 12.3. The first kappa shape index (κ1) is 19.0. The van der Waals surface area contributed by atoms with Crippen molar-refractivity contribution in [1.82, 2.24) is 0 Å². The monoisotopic (exact) mass is 359 g/mol. The maximum atomic E-state index is 13.6. The highest BCUT2D eigenvalue weighted by molar-refractivity contribution is 5.87. The average Bonchev–Trinajstić information content (AvgIpc) is 2.96. The van der Waals surface area contributed by atoms with Gasteiger partial charge in [0.05, 0.1) is 6.10 Å². The van der Waals surface area contributed by atoms with E-state index >= 15 is 0 Å². The van der Waals surface area contributed by atoms with Gasteiger partial charge in [-0.05, 0) is 85.9 Å². The quantitative estimate of drug-likeness (QED) is 0.729. The number of carbonyl (C=O) groups is 1. The lowest BCUT2D eigenvalue weighted by atomic mass is 9.44. The van der Waals surface area contributed by atoms with Crippen LogP contribution in [0.2, 0.25) is 0 Å². The normalized spacial score (nSPS) is 52.1. The number of aliphatic hydroxyl groups is 1. The maximum absolute atomic E-state index is 13.6. The zero-order chi connectivity index (χ0) is 18.7. The van der Waals surface area contributed by atoms with Gasteiger partial charge < -0.3 is 5.11 Å². The van der Waals surface area contributed by atoms with E-state index in [2.05, 4.69) is 34.1 Å². The summed E-state index contributed by atoms with van der Waals surface area (Å²) in [5.74, 6) is 4.16. The highest BCUT2D eigenvalue weighted by Gasteiger charge is 2.63. The van der Waals surface area contributed by atoms with Crippen molar-refractivity contribution in [1.29, 1.82) is 0 Å². The summed E-state index contributed by atoms with van der Waals surface area (Å²) in [6.07, 6.45) is 12.4. The molecule has 0 aromatic carbocycles. The van der Waals surface area contributed by atoms with E-state index in [1.807, 2.05) is 0 Å². The number of hydrogen-bond acceptors (Lipinski definition) is 2. The van der Waals surface area contributed by atoms with Crippen molar-refractivity contribution in [3.63, 3.8) is 0 Å². The Kier molecular flexibility index (Phi) is 4.82. The standard InChI is InChI=1S/C24H39O2/c1-5-6-15(2)19-9-10-20-18-8-7-16-13-17(25)11-12-23(16,3)21(18)14-22(26)24(19,20)4/h8,15-21,25H,5-7,9-14H2,1-4H3/t15-,16?,17-,18?,19?,20?,21?,23+,24-/m1/s1. The molecule has 0 amide bonds. The second-order valence-electron chi connectivity index (χ2n) is 10.8. The molecule has 147 valence electrons. The van der Waals surface area contributed by atoms with Crippen molar-refractivity contribution in [2.45, 2.75) is 91.6 Å². The van der Waals surface area contributed by atoms with Crippen LogP contribution in [0.1, 0.15) is 85.5 Å². The van der Waals surface area contributed by atoms with Crippen LogP contribution in [-0.2, 0) is 4.79 Å². The Labute approximate surface area is 160 Å². The Morgan fingerprint density at radius 1 is 1.23 bits per heavy atom. The molecular weight excluding hydrogens is 320 g/mol.